The Morgan fingerprint density at radius 2 is 2.25 bits per heavy atom. The van der Waals surface area contributed by atoms with Crippen LogP contribution in [0.25, 0.3) is 0 Å². The minimum atomic E-state index is -0.178. The Morgan fingerprint density at radius 1 is 1.56 bits per heavy atom. The van der Waals surface area contributed by atoms with Crippen LogP contribution in [0.15, 0.2) is 12.3 Å². The Morgan fingerprint density at radius 3 is 2.81 bits per heavy atom. The summed E-state index contributed by atoms with van der Waals surface area (Å²) < 4.78 is 4.77. The van der Waals surface area contributed by atoms with Crippen molar-refractivity contribution in [3.8, 4) is 0 Å². The molecule has 1 aromatic heterocycles. The Bertz CT molecular complexity index is 375. The van der Waals surface area contributed by atoms with Crippen LogP contribution in [0.5, 0.6) is 0 Å². The number of amides is 1. The Kier molecular flexibility index (Phi) is 4.43. The summed E-state index contributed by atoms with van der Waals surface area (Å²) in [6.45, 7) is 6.22. The number of rotatable bonds is 4. The van der Waals surface area contributed by atoms with Crippen molar-refractivity contribution in [2.75, 3.05) is 19.0 Å². The Hall–Kier alpha value is -1.42. The average Bonchev–Trinajstić information content (AvgIpc) is 2.17. The first kappa shape index (κ1) is 12.6. The molecule has 0 saturated carbocycles. The number of nitrogens with zero attached hydrogens (tertiary/aromatic N) is 1. The van der Waals surface area contributed by atoms with Crippen LogP contribution in [0.3, 0.4) is 0 Å². The number of carbonyl (C=O) groups is 1. The van der Waals surface area contributed by atoms with Gasteiger partial charge in [0.2, 0.25) is 0 Å². The number of aryl methyl sites for hydroxylation is 1. The van der Waals surface area contributed by atoms with Crippen LogP contribution in [0, 0.1) is 6.92 Å². The predicted octanol–water partition coefficient (Wildman–Crippen LogP) is 2.10. The van der Waals surface area contributed by atoms with Crippen LogP contribution in [0.4, 0.5) is 5.82 Å². The molecule has 1 heterocycles. The van der Waals surface area contributed by atoms with Crippen molar-refractivity contribution in [3.63, 3.8) is 0 Å². The highest BCUT2D eigenvalue weighted by molar-refractivity contribution is 5.91. The van der Waals surface area contributed by atoms with E-state index in [1.54, 1.807) is 6.20 Å². The average molecular weight is 222 g/mol. The van der Waals surface area contributed by atoms with Crippen molar-refractivity contribution < 1.29 is 9.53 Å². The van der Waals surface area contributed by atoms with Gasteiger partial charge in [-0.1, -0.05) is 13.8 Å². The SMILES string of the molecule is COCC(=O)Nc1nccc(C)c1C(C)C. The van der Waals surface area contributed by atoms with Gasteiger partial charge in [-0.2, -0.15) is 0 Å². The molecule has 0 fully saturated rings. The van der Waals surface area contributed by atoms with Crippen molar-refractivity contribution in [2.45, 2.75) is 26.7 Å². The van der Waals surface area contributed by atoms with E-state index in [0.29, 0.717) is 11.7 Å². The Balaban J connectivity index is 2.95. The van der Waals surface area contributed by atoms with Crippen LogP contribution in [-0.2, 0) is 9.53 Å². The van der Waals surface area contributed by atoms with Crippen LogP contribution < -0.4 is 5.32 Å². The van der Waals surface area contributed by atoms with Crippen molar-refractivity contribution >= 4 is 11.7 Å². The van der Waals surface area contributed by atoms with E-state index in [1.807, 2.05) is 13.0 Å². The van der Waals surface area contributed by atoms with Gasteiger partial charge in [0, 0.05) is 18.9 Å². The number of ether oxygens (including phenoxy) is 1. The van der Waals surface area contributed by atoms with Gasteiger partial charge in [0.25, 0.3) is 5.91 Å². The van der Waals surface area contributed by atoms with E-state index >= 15 is 0 Å². The number of hydrogen-bond donors (Lipinski definition) is 1. The van der Waals surface area contributed by atoms with E-state index in [0.717, 1.165) is 11.1 Å². The van der Waals surface area contributed by atoms with Crippen molar-refractivity contribution in [2.24, 2.45) is 0 Å². The fourth-order valence-corrected chi connectivity index (χ4v) is 1.70. The van der Waals surface area contributed by atoms with Crippen LogP contribution >= 0.6 is 0 Å². The highest BCUT2D eigenvalue weighted by Crippen LogP contribution is 2.25. The molecule has 1 amide bonds. The lowest BCUT2D eigenvalue weighted by atomic mass is 9.99. The summed E-state index contributed by atoms with van der Waals surface area (Å²) in [6, 6.07) is 1.95. The topological polar surface area (TPSA) is 51.2 Å². The van der Waals surface area contributed by atoms with Gasteiger partial charge in [-0.05, 0) is 24.5 Å². The van der Waals surface area contributed by atoms with Gasteiger partial charge in [0.1, 0.15) is 12.4 Å². The number of methoxy groups -OCH3 is 1. The molecule has 0 atom stereocenters. The lowest BCUT2D eigenvalue weighted by Gasteiger charge is -2.15. The predicted molar refractivity (Wildman–Crippen MR) is 63.6 cm³/mol. The molecule has 0 aromatic carbocycles. The molecule has 1 rings (SSSR count). The van der Waals surface area contributed by atoms with E-state index in [9.17, 15) is 4.79 Å². The zero-order valence-corrected chi connectivity index (χ0v) is 10.2. The standard InChI is InChI=1S/C12H18N2O2/c1-8(2)11-9(3)5-6-13-12(11)14-10(15)7-16-4/h5-6,8H,7H2,1-4H3,(H,13,14,15). The lowest BCUT2D eigenvalue weighted by Crippen LogP contribution is -2.19. The first-order chi connectivity index (χ1) is 7.56. The summed E-state index contributed by atoms with van der Waals surface area (Å²) >= 11 is 0. The summed E-state index contributed by atoms with van der Waals surface area (Å²) in [5, 5.41) is 2.76. The summed E-state index contributed by atoms with van der Waals surface area (Å²) in [4.78, 5) is 15.6. The second-order valence-electron chi connectivity index (χ2n) is 4.03. The molecule has 0 bridgehead atoms. The number of pyridine rings is 1. The van der Waals surface area contributed by atoms with Crippen LogP contribution in [0.2, 0.25) is 0 Å². The maximum absolute atomic E-state index is 11.4. The smallest absolute Gasteiger partial charge is 0.251 e. The highest BCUT2D eigenvalue weighted by Gasteiger charge is 2.12. The van der Waals surface area contributed by atoms with Crippen molar-refractivity contribution in [1.82, 2.24) is 4.98 Å². The van der Waals surface area contributed by atoms with Gasteiger partial charge in [-0.3, -0.25) is 4.79 Å². The third-order valence-corrected chi connectivity index (χ3v) is 2.32. The number of aromatic nitrogens is 1. The minimum Gasteiger partial charge on any atom is -0.375 e. The quantitative estimate of drug-likeness (QED) is 0.848. The fourth-order valence-electron chi connectivity index (χ4n) is 1.70. The molecule has 1 N–H and O–H groups in total. The molecule has 4 heteroatoms. The molecule has 88 valence electrons. The molecule has 0 aliphatic carbocycles. The van der Waals surface area contributed by atoms with Crippen molar-refractivity contribution in [3.05, 3.63) is 23.4 Å². The van der Waals surface area contributed by atoms with Gasteiger partial charge in [-0.15, -0.1) is 0 Å². The molecular weight excluding hydrogens is 204 g/mol. The molecule has 0 unspecified atom stereocenters. The van der Waals surface area contributed by atoms with Crippen LogP contribution in [-0.4, -0.2) is 24.6 Å². The maximum Gasteiger partial charge on any atom is 0.251 e. The molecule has 0 spiro atoms. The second kappa shape index (κ2) is 5.61. The molecular formula is C12H18N2O2. The van der Waals surface area contributed by atoms with Gasteiger partial charge in [0.15, 0.2) is 0 Å². The summed E-state index contributed by atoms with van der Waals surface area (Å²) in [6.07, 6.45) is 1.70. The molecule has 16 heavy (non-hydrogen) atoms. The van der Waals surface area contributed by atoms with Gasteiger partial charge in [0.05, 0.1) is 0 Å². The summed E-state index contributed by atoms with van der Waals surface area (Å²) in [5.41, 5.74) is 2.21. The number of nitrogens with one attached hydrogen (secondary N) is 1. The van der Waals surface area contributed by atoms with Gasteiger partial charge in [-0.25, -0.2) is 4.98 Å². The first-order valence-corrected chi connectivity index (χ1v) is 5.30. The third-order valence-electron chi connectivity index (χ3n) is 2.32. The number of anilines is 1. The van der Waals surface area contributed by atoms with E-state index in [-0.39, 0.29) is 12.5 Å². The molecule has 0 radical (unpaired) electrons. The highest BCUT2D eigenvalue weighted by atomic mass is 16.5. The second-order valence-corrected chi connectivity index (χ2v) is 4.03. The molecule has 1 aromatic rings. The molecule has 0 saturated heterocycles. The zero-order chi connectivity index (χ0) is 12.1. The van der Waals surface area contributed by atoms with Crippen molar-refractivity contribution in [1.29, 1.82) is 0 Å². The van der Waals surface area contributed by atoms with Crippen LogP contribution in [0.1, 0.15) is 30.9 Å². The van der Waals surface area contributed by atoms with Gasteiger partial charge >= 0.3 is 0 Å². The Labute approximate surface area is 96.0 Å². The fraction of sp³-hybridized carbons (Fsp3) is 0.500. The molecule has 0 aliphatic rings. The zero-order valence-electron chi connectivity index (χ0n) is 10.2. The normalized spacial score (nSPS) is 10.6. The van der Waals surface area contributed by atoms with Gasteiger partial charge < -0.3 is 10.1 Å². The monoisotopic (exact) mass is 222 g/mol. The summed E-state index contributed by atoms with van der Waals surface area (Å²) in [5.74, 6) is 0.783. The lowest BCUT2D eigenvalue weighted by molar-refractivity contribution is -0.119. The number of hydrogen-bond acceptors (Lipinski definition) is 3. The maximum atomic E-state index is 11.4. The third kappa shape index (κ3) is 3.03. The van der Waals surface area contributed by atoms with E-state index in [2.05, 4.69) is 24.1 Å². The largest absolute Gasteiger partial charge is 0.375 e. The molecule has 0 aliphatic heterocycles. The number of carbonyl (C=O) groups excluding carboxylic acids is 1. The van der Waals surface area contributed by atoms with E-state index < -0.39 is 0 Å². The van der Waals surface area contributed by atoms with E-state index in [4.69, 9.17) is 4.74 Å². The minimum absolute atomic E-state index is 0.0488. The molecule has 4 nitrogen and oxygen atoms in total. The van der Waals surface area contributed by atoms with E-state index in [1.165, 1.54) is 7.11 Å². The summed E-state index contributed by atoms with van der Waals surface area (Å²) in [7, 11) is 1.49. The first-order valence-electron chi connectivity index (χ1n) is 5.30.